The summed E-state index contributed by atoms with van der Waals surface area (Å²) in [5.74, 6) is 5.02. The van der Waals surface area contributed by atoms with Gasteiger partial charge in [0.15, 0.2) is 0 Å². The average Bonchev–Trinajstić information content (AvgIpc) is 3.15. The van der Waals surface area contributed by atoms with E-state index in [-0.39, 0.29) is 4.93 Å². The van der Waals surface area contributed by atoms with Gasteiger partial charge in [-0.15, -0.1) is 11.8 Å². The summed E-state index contributed by atoms with van der Waals surface area (Å²) < 4.78 is 6.42. The number of ketones is 1. The molecule has 0 aromatic rings. The lowest BCUT2D eigenvalue weighted by Crippen LogP contribution is -2.55. The minimum Gasteiger partial charge on any atom is -0.363 e. The van der Waals surface area contributed by atoms with Crippen molar-refractivity contribution in [2.24, 2.45) is 34.5 Å². The van der Waals surface area contributed by atoms with Gasteiger partial charge in [0.05, 0.1) is 6.61 Å². The van der Waals surface area contributed by atoms with Crippen molar-refractivity contribution in [1.82, 2.24) is 0 Å². The number of carbonyl (C=O) groups excluding carboxylic acids is 1. The van der Waals surface area contributed by atoms with E-state index in [1.807, 2.05) is 0 Å². The van der Waals surface area contributed by atoms with Gasteiger partial charge in [0.1, 0.15) is 10.7 Å². The number of rotatable bonds is 0. The first-order valence-electron chi connectivity index (χ1n) is 10.3. The molecule has 0 N–H and O–H groups in total. The Balaban J connectivity index is 1.46. The van der Waals surface area contributed by atoms with E-state index in [9.17, 15) is 4.79 Å². The van der Waals surface area contributed by atoms with Crippen molar-refractivity contribution in [3.63, 3.8) is 0 Å². The molecule has 3 heteroatoms. The minimum atomic E-state index is 0.142. The molecule has 0 bridgehead atoms. The topological polar surface area (TPSA) is 26.3 Å². The molecule has 0 radical (unpaired) electrons. The average molecular weight is 349 g/mol. The first kappa shape index (κ1) is 16.2. The Kier molecular flexibility index (Phi) is 3.54. The largest absolute Gasteiger partial charge is 0.363 e. The highest BCUT2D eigenvalue weighted by Gasteiger charge is 2.66. The zero-order valence-corrected chi connectivity index (χ0v) is 16.1. The van der Waals surface area contributed by atoms with Crippen LogP contribution in [0.1, 0.15) is 71.6 Å². The Bertz CT molecular complexity index is 554. The van der Waals surface area contributed by atoms with Gasteiger partial charge in [0, 0.05) is 24.0 Å². The maximum absolute atomic E-state index is 12.0. The van der Waals surface area contributed by atoms with Gasteiger partial charge in [-0.3, -0.25) is 4.79 Å². The van der Waals surface area contributed by atoms with Crippen LogP contribution in [0.2, 0.25) is 0 Å². The number of fused-ring (bicyclic) bond motifs is 6. The van der Waals surface area contributed by atoms with Crippen molar-refractivity contribution < 1.29 is 9.53 Å². The van der Waals surface area contributed by atoms with Crippen LogP contribution in [0.3, 0.4) is 0 Å². The molecule has 4 saturated carbocycles. The molecular formula is C21H32O2S. The predicted molar refractivity (Wildman–Crippen MR) is 97.9 cm³/mol. The van der Waals surface area contributed by atoms with E-state index >= 15 is 0 Å². The maximum atomic E-state index is 12.0. The highest BCUT2D eigenvalue weighted by Crippen LogP contribution is 2.71. The zero-order valence-electron chi connectivity index (χ0n) is 15.3. The molecule has 5 rings (SSSR count). The fourth-order valence-electron chi connectivity index (χ4n) is 7.93. The van der Waals surface area contributed by atoms with E-state index in [0.717, 1.165) is 43.6 Å². The molecule has 5 fully saturated rings. The molecule has 24 heavy (non-hydrogen) atoms. The molecular weight excluding hydrogens is 316 g/mol. The fourth-order valence-corrected chi connectivity index (χ4v) is 9.44. The summed E-state index contributed by atoms with van der Waals surface area (Å²) in [6, 6.07) is 0. The first-order valence-corrected chi connectivity index (χ1v) is 11.3. The Labute approximate surface area is 150 Å². The summed E-state index contributed by atoms with van der Waals surface area (Å²) in [6.07, 6.45) is 11.0. The number of thioether (sulfide) groups is 1. The van der Waals surface area contributed by atoms with Gasteiger partial charge < -0.3 is 4.74 Å². The smallest absolute Gasteiger partial charge is 0.133 e. The number of hydrogen-bond donors (Lipinski definition) is 0. The summed E-state index contributed by atoms with van der Waals surface area (Å²) >= 11 is 2.13. The van der Waals surface area contributed by atoms with Gasteiger partial charge in [-0.1, -0.05) is 13.8 Å². The molecule has 5 aliphatic rings. The van der Waals surface area contributed by atoms with Crippen LogP contribution in [-0.2, 0) is 9.53 Å². The van der Waals surface area contributed by atoms with E-state index < -0.39 is 0 Å². The van der Waals surface area contributed by atoms with Crippen molar-refractivity contribution >= 4 is 17.5 Å². The number of ether oxygens (including phenoxy) is 1. The summed E-state index contributed by atoms with van der Waals surface area (Å²) in [5, 5.41) is 0. The van der Waals surface area contributed by atoms with Gasteiger partial charge in [-0.25, -0.2) is 0 Å². The standard InChI is InChI=1S/C21H32O2S/c1-19-8-5-15(22)13-14(19)3-4-16-17(19)6-9-20(2)18(16)7-10-21(20)23-11-12-24-21/h14,16-18H,3-13H2,1-2H3/t14-,16+,17-,18-,19-,20-,21+/m0/s1. The molecule has 0 aromatic carbocycles. The normalized spacial score (nSPS) is 56.8. The fraction of sp³-hybridized carbons (Fsp3) is 0.952. The second-order valence-corrected chi connectivity index (χ2v) is 11.2. The van der Waals surface area contributed by atoms with E-state index in [1.165, 1.54) is 44.3 Å². The number of carbonyl (C=O) groups is 1. The Morgan fingerprint density at radius 1 is 1.04 bits per heavy atom. The summed E-state index contributed by atoms with van der Waals surface area (Å²) in [5.41, 5.74) is 0.834. The molecule has 134 valence electrons. The molecule has 4 aliphatic carbocycles. The third-order valence-corrected chi connectivity index (χ3v) is 10.9. The Hall–Kier alpha value is -0.0200. The Morgan fingerprint density at radius 3 is 2.67 bits per heavy atom. The van der Waals surface area contributed by atoms with Crippen molar-refractivity contribution in [2.75, 3.05) is 12.4 Å². The third kappa shape index (κ3) is 1.92. The third-order valence-electron chi connectivity index (χ3n) is 9.28. The van der Waals surface area contributed by atoms with Gasteiger partial charge in [-0.2, -0.15) is 0 Å². The van der Waals surface area contributed by atoms with Gasteiger partial charge in [0.25, 0.3) is 0 Å². The van der Waals surface area contributed by atoms with Gasteiger partial charge >= 0.3 is 0 Å². The van der Waals surface area contributed by atoms with Crippen LogP contribution in [0.25, 0.3) is 0 Å². The van der Waals surface area contributed by atoms with E-state index in [4.69, 9.17) is 4.74 Å². The molecule has 7 atom stereocenters. The molecule has 1 aliphatic heterocycles. The first-order chi connectivity index (χ1) is 11.5. The SMILES string of the molecule is C[C@]12CCC(=O)C[C@@H]1CC[C@@H]1[C@@H]2CC[C@@]2(C)[C@H]1CC[C@]21OCCS1. The maximum Gasteiger partial charge on any atom is 0.133 e. The van der Waals surface area contributed by atoms with Crippen LogP contribution < -0.4 is 0 Å². The summed E-state index contributed by atoms with van der Waals surface area (Å²) in [6.45, 7) is 6.08. The van der Waals surface area contributed by atoms with Crippen LogP contribution in [0, 0.1) is 34.5 Å². The highest BCUT2D eigenvalue weighted by atomic mass is 32.2. The lowest BCUT2D eigenvalue weighted by molar-refractivity contribution is -0.147. The molecule has 0 amide bonds. The zero-order chi connectivity index (χ0) is 16.6. The number of Topliss-reactive ketones (excluding diaryl/α,β-unsaturated/α-hetero) is 1. The molecule has 0 unspecified atom stereocenters. The second kappa shape index (κ2) is 5.25. The molecule has 0 aromatic heterocycles. The summed E-state index contributed by atoms with van der Waals surface area (Å²) in [7, 11) is 0. The van der Waals surface area contributed by atoms with Crippen LogP contribution in [0.15, 0.2) is 0 Å². The summed E-state index contributed by atoms with van der Waals surface area (Å²) in [4.78, 5) is 12.1. The predicted octanol–water partition coefficient (Wildman–Crippen LogP) is 5.06. The molecule has 1 heterocycles. The van der Waals surface area contributed by atoms with Crippen molar-refractivity contribution in [3.8, 4) is 0 Å². The number of hydrogen-bond acceptors (Lipinski definition) is 3. The second-order valence-electron chi connectivity index (χ2n) is 9.84. The van der Waals surface area contributed by atoms with Crippen molar-refractivity contribution in [1.29, 1.82) is 0 Å². The van der Waals surface area contributed by atoms with Crippen LogP contribution >= 0.6 is 11.8 Å². The minimum absolute atomic E-state index is 0.142. The molecule has 2 nitrogen and oxygen atoms in total. The van der Waals surface area contributed by atoms with Crippen LogP contribution in [0.4, 0.5) is 0 Å². The van der Waals surface area contributed by atoms with Crippen LogP contribution in [-0.4, -0.2) is 23.1 Å². The molecule has 1 spiro atoms. The van der Waals surface area contributed by atoms with E-state index in [0.29, 0.717) is 22.5 Å². The van der Waals surface area contributed by atoms with Gasteiger partial charge in [0.2, 0.25) is 0 Å². The van der Waals surface area contributed by atoms with E-state index in [2.05, 4.69) is 25.6 Å². The van der Waals surface area contributed by atoms with Crippen molar-refractivity contribution in [3.05, 3.63) is 0 Å². The van der Waals surface area contributed by atoms with Crippen LogP contribution in [0.5, 0.6) is 0 Å². The molecule has 1 saturated heterocycles. The quantitative estimate of drug-likeness (QED) is 0.612. The highest BCUT2D eigenvalue weighted by molar-refractivity contribution is 8.00. The Morgan fingerprint density at radius 2 is 1.88 bits per heavy atom. The van der Waals surface area contributed by atoms with Crippen molar-refractivity contribution in [2.45, 2.75) is 76.6 Å². The lowest BCUT2D eigenvalue weighted by atomic mass is 9.45. The van der Waals surface area contributed by atoms with Gasteiger partial charge in [-0.05, 0) is 74.0 Å². The van der Waals surface area contributed by atoms with E-state index in [1.54, 1.807) is 0 Å². The monoisotopic (exact) mass is 348 g/mol. The lowest BCUT2D eigenvalue weighted by Gasteiger charge is -2.61.